The highest BCUT2D eigenvalue weighted by atomic mass is 32.1. The van der Waals surface area contributed by atoms with Crippen molar-refractivity contribution >= 4 is 28.8 Å². The molecule has 0 unspecified atom stereocenters. The van der Waals surface area contributed by atoms with E-state index in [1.165, 1.54) is 0 Å². The first-order chi connectivity index (χ1) is 11.1. The van der Waals surface area contributed by atoms with Crippen molar-refractivity contribution < 1.29 is 9.59 Å². The zero-order valence-electron chi connectivity index (χ0n) is 13.3. The number of hydrogen-bond donors (Lipinski definition) is 1. The molecule has 0 spiro atoms. The molecular formula is C18H20N2O2S. The molecule has 1 aromatic carbocycles. The Morgan fingerprint density at radius 1 is 1.26 bits per heavy atom. The second-order valence-electron chi connectivity index (χ2n) is 5.82. The van der Waals surface area contributed by atoms with E-state index in [9.17, 15) is 9.59 Å². The van der Waals surface area contributed by atoms with Crippen LogP contribution in [0.5, 0.6) is 0 Å². The van der Waals surface area contributed by atoms with E-state index in [0.29, 0.717) is 12.8 Å². The molecule has 3 rings (SSSR count). The Balaban J connectivity index is 2.06. The van der Waals surface area contributed by atoms with E-state index in [2.05, 4.69) is 5.32 Å². The van der Waals surface area contributed by atoms with Gasteiger partial charge in [0.05, 0.1) is 12.0 Å². The normalized spacial score (nSPS) is 21.3. The van der Waals surface area contributed by atoms with E-state index < -0.39 is 0 Å². The van der Waals surface area contributed by atoms with Crippen molar-refractivity contribution in [3.05, 3.63) is 52.2 Å². The summed E-state index contributed by atoms with van der Waals surface area (Å²) in [5.41, 5.74) is 2.00. The summed E-state index contributed by atoms with van der Waals surface area (Å²) in [6.07, 6.45) is 0.983. The summed E-state index contributed by atoms with van der Waals surface area (Å²) in [5, 5.41) is 4.74. The Bertz CT molecular complexity index is 694. The number of aryl methyl sites for hydroxylation is 1. The molecule has 120 valence electrons. The molecule has 0 bridgehead atoms. The minimum atomic E-state index is -0.237. The number of nitrogens with zero attached hydrogens (tertiary/aromatic N) is 1. The van der Waals surface area contributed by atoms with Gasteiger partial charge in [-0.15, -0.1) is 11.3 Å². The van der Waals surface area contributed by atoms with Crippen LogP contribution in [0.1, 0.15) is 29.3 Å². The number of amides is 2. The van der Waals surface area contributed by atoms with E-state index in [0.717, 1.165) is 16.1 Å². The highest BCUT2D eigenvalue weighted by Gasteiger charge is 2.41. The summed E-state index contributed by atoms with van der Waals surface area (Å²) in [6, 6.07) is 11.6. The topological polar surface area (TPSA) is 49.4 Å². The molecule has 2 atom stereocenters. The van der Waals surface area contributed by atoms with Crippen molar-refractivity contribution in [2.24, 2.45) is 5.92 Å². The van der Waals surface area contributed by atoms with E-state index in [1.807, 2.05) is 48.7 Å². The number of thiophene rings is 1. The molecule has 1 aliphatic heterocycles. The summed E-state index contributed by atoms with van der Waals surface area (Å²) in [4.78, 5) is 27.9. The molecule has 0 radical (unpaired) electrons. The quantitative estimate of drug-likeness (QED) is 0.940. The van der Waals surface area contributed by atoms with Crippen molar-refractivity contribution in [3.8, 4) is 0 Å². The predicted molar refractivity (Wildman–Crippen MR) is 92.5 cm³/mol. The average molecular weight is 328 g/mol. The summed E-state index contributed by atoms with van der Waals surface area (Å²) < 4.78 is 0. The summed E-state index contributed by atoms with van der Waals surface area (Å²) in [6.45, 7) is 2.02. The minimum Gasteiger partial charge on any atom is -0.359 e. The van der Waals surface area contributed by atoms with Crippen molar-refractivity contribution in [2.45, 2.75) is 25.8 Å². The molecule has 1 aromatic heterocycles. The number of carbonyl (C=O) groups excluding carboxylic acids is 2. The molecular weight excluding hydrogens is 308 g/mol. The standard InChI is InChI=1S/C18H20N2O2S/c1-12-5-7-13(8-6-12)20-16(21)10-9-14(18(22)19-2)17(20)15-4-3-11-23-15/h3-8,11,14,17H,9-10H2,1-2H3,(H,19,22)/t14-,17+/m0/s1. The minimum absolute atomic E-state index is 0.00647. The second kappa shape index (κ2) is 6.54. The first-order valence-electron chi connectivity index (χ1n) is 7.75. The van der Waals surface area contributed by atoms with E-state index in [-0.39, 0.29) is 23.8 Å². The maximum atomic E-state index is 12.6. The van der Waals surface area contributed by atoms with Crippen LogP contribution in [-0.4, -0.2) is 18.9 Å². The van der Waals surface area contributed by atoms with Crippen LogP contribution in [0.15, 0.2) is 41.8 Å². The Hall–Kier alpha value is -2.14. The van der Waals surface area contributed by atoms with Gasteiger partial charge in [-0.3, -0.25) is 9.59 Å². The Morgan fingerprint density at radius 2 is 2.00 bits per heavy atom. The van der Waals surface area contributed by atoms with Crippen LogP contribution in [0.2, 0.25) is 0 Å². The molecule has 5 heteroatoms. The highest BCUT2D eigenvalue weighted by Crippen LogP contribution is 2.41. The maximum absolute atomic E-state index is 12.6. The fourth-order valence-electron chi connectivity index (χ4n) is 3.15. The van der Waals surface area contributed by atoms with Gasteiger partial charge >= 0.3 is 0 Å². The van der Waals surface area contributed by atoms with Crippen molar-refractivity contribution in [2.75, 3.05) is 11.9 Å². The fourth-order valence-corrected chi connectivity index (χ4v) is 4.03. The molecule has 4 nitrogen and oxygen atoms in total. The zero-order valence-corrected chi connectivity index (χ0v) is 14.1. The van der Waals surface area contributed by atoms with Crippen LogP contribution in [0.25, 0.3) is 0 Å². The summed E-state index contributed by atoms with van der Waals surface area (Å²) in [7, 11) is 1.65. The lowest BCUT2D eigenvalue weighted by molar-refractivity contribution is -0.128. The lowest BCUT2D eigenvalue weighted by Crippen LogP contribution is -2.47. The van der Waals surface area contributed by atoms with Crippen LogP contribution in [-0.2, 0) is 9.59 Å². The molecule has 0 aliphatic carbocycles. The number of nitrogens with one attached hydrogen (secondary N) is 1. The first kappa shape index (κ1) is 15.7. The molecule has 2 aromatic rings. The molecule has 1 fully saturated rings. The van der Waals surface area contributed by atoms with Gasteiger partial charge in [-0.1, -0.05) is 23.8 Å². The number of benzene rings is 1. The average Bonchev–Trinajstić information content (AvgIpc) is 3.09. The summed E-state index contributed by atoms with van der Waals surface area (Å²) >= 11 is 1.59. The smallest absolute Gasteiger partial charge is 0.227 e. The van der Waals surface area contributed by atoms with E-state index >= 15 is 0 Å². The van der Waals surface area contributed by atoms with Crippen LogP contribution in [0, 0.1) is 12.8 Å². The third kappa shape index (κ3) is 3.01. The molecule has 1 aliphatic rings. The van der Waals surface area contributed by atoms with Crippen LogP contribution < -0.4 is 10.2 Å². The Kier molecular flexibility index (Phi) is 4.48. The van der Waals surface area contributed by atoms with E-state index in [1.54, 1.807) is 23.3 Å². The molecule has 2 amide bonds. The number of carbonyl (C=O) groups is 2. The Morgan fingerprint density at radius 3 is 2.61 bits per heavy atom. The van der Waals surface area contributed by atoms with Gasteiger partial charge in [-0.05, 0) is 36.9 Å². The number of anilines is 1. The third-order valence-electron chi connectivity index (χ3n) is 4.33. The molecule has 0 saturated carbocycles. The predicted octanol–water partition coefficient (Wildman–Crippen LogP) is 3.29. The van der Waals surface area contributed by atoms with Gasteiger partial charge in [0.2, 0.25) is 11.8 Å². The number of hydrogen-bond acceptors (Lipinski definition) is 3. The van der Waals surface area contributed by atoms with Gasteiger partial charge in [-0.25, -0.2) is 0 Å². The third-order valence-corrected chi connectivity index (χ3v) is 5.27. The number of piperidine rings is 1. The van der Waals surface area contributed by atoms with Crippen LogP contribution >= 0.6 is 11.3 Å². The summed E-state index contributed by atoms with van der Waals surface area (Å²) in [5.74, 6) is -0.155. The maximum Gasteiger partial charge on any atom is 0.227 e. The molecule has 23 heavy (non-hydrogen) atoms. The van der Waals surface area contributed by atoms with Gasteiger partial charge < -0.3 is 10.2 Å². The van der Waals surface area contributed by atoms with Crippen molar-refractivity contribution in [1.29, 1.82) is 0 Å². The zero-order chi connectivity index (χ0) is 16.4. The Labute approximate surface area is 140 Å². The van der Waals surface area contributed by atoms with Gasteiger partial charge in [-0.2, -0.15) is 0 Å². The SMILES string of the molecule is CNC(=O)[C@H]1CCC(=O)N(c2ccc(C)cc2)[C@H]1c1cccs1. The van der Waals surface area contributed by atoms with Crippen molar-refractivity contribution in [3.63, 3.8) is 0 Å². The van der Waals surface area contributed by atoms with Crippen molar-refractivity contribution in [1.82, 2.24) is 5.32 Å². The molecule has 1 N–H and O–H groups in total. The van der Waals surface area contributed by atoms with Gasteiger partial charge in [0.15, 0.2) is 0 Å². The molecule has 1 saturated heterocycles. The fraction of sp³-hybridized carbons (Fsp3) is 0.333. The monoisotopic (exact) mass is 328 g/mol. The first-order valence-corrected chi connectivity index (χ1v) is 8.63. The number of rotatable bonds is 3. The van der Waals surface area contributed by atoms with Crippen LogP contribution in [0.3, 0.4) is 0 Å². The van der Waals surface area contributed by atoms with Gasteiger partial charge in [0.25, 0.3) is 0 Å². The second-order valence-corrected chi connectivity index (χ2v) is 6.80. The lowest BCUT2D eigenvalue weighted by Gasteiger charge is -2.40. The van der Waals surface area contributed by atoms with E-state index in [4.69, 9.17) is 0 Å². The van der Waals surface area contributed by atoms with Gasteiger partial charge in [0, 0.05) is 24.0 Å². The van der Waals surface area contributed by atoms with Gasteiger partial charge in [0.1, 0.15) is 0 Å². The molecule has 2 heterocycles. The lowest BCUT2D eigenvalue weighted by atomic mass is 9.86. The largest absolute Gasteiger partial charge is 0.359 e. The highest BCUT2D eigenvalue weighted by molar-refractivity contribution is 7.10. The van der Waals surface area contributed by atoms with Crippen LogP contribution in [0.4, 0.5) is 5.69 Å².